The molecule has 14 heavy (non-hydrogen) atoms. The van der Waals surface area contributed by atoms with Crippen LogP contribution in [-0.4, -0.2) is 38.4 Å². The van der Waals surface area contributed by atoms with E-state index in [1.807, 2.05) is 0 Å². The van der Waals surface area contributed by atoms with E-state index < -0.39 is 6.03 Å². The van der Waals surface area contributed by atoms with E-state index in [2.05, 4.69) is 10.6 Å². The standard InChI is InChI=1S/C9H19N3O2/c10-9(13)12-6-5-11-4-3-8-2-1-7-14-8/h8,11H,1-7H2,(H3,10,12,13). The van der Waals surface area contributed by atoms with E-state index in [-0.39, 0.29) is 0 Å². The van der Waals surface area contributed by atoms with Crippen LogP contribution in [0.15, 0.2) is 0 Å². The van der Waals surface area contributed by atoms with Crippen LogP contribution in [0.4, 0.5) is 4.79 Å². The Bertz CT molecular complexity index is 169. The normalized spacial score (nSPS) is 21.0. The van der Waals surface area contributed by atoms with Gasteiger partial charge in [-0.3, -0.25) is 0 Å². The van der Waals surface area contributed by atoms with Gasteiger partial charge >= 0.3 is 6.03 Å². The van der Waals surface area contributed by atoms with Crippen molar-refractivity contribution in [3.05, 3.63) is 0 Å². The molecule has 1 unspecified atom stereocenters. The van der Waals surface area contributed by atoms with Crippen molar-refractivity contribution >= 4 is 6.03 Å². The minimum absolute atomic E-state index is 0.437. The molecule has 5 heteroatoms. The monoisotopic (exact) mass is 201 g/mol. The first-order chi connectivity index (χ1) is 6.79. The van der Waals surface area contributed by atoms with Gasteiger partial charge in [0, 0.05) is 19.7 Å². The Labute approximate surface area is 84.4 Å². The minimum Gasteiger partial charge on any atom is -0.378 e. The molecule has 82 valence electrons. The molecule has 0 aliphatic carbocycles. The lowest BCUT2D eigenvalue weighted by atomic mass is 10.2. The maximum Gasteiger partial charge on any atom is 0.312 e. The van der Waals surface area contributed by atoms with Crippen molar-refractivity contribution in [2.24, 2.45) is 5.73 Å². The van der Waals surface area contributed by atoms with Crippen LogP contribution in [0.25, 0.3) is 0 Å². The van der Waals surface area contributed by atoms with E-state index in [1.54, 1.807) is 0 Å². The summed E-state index contributed by atoms with van der Waals surface area (Å²) in [5, 5.41) is 5.74. The van der Waals surface area contributed by atoms with E-state index in [0.29, 0.717) is 12.6 Å². The molecule has 0 aromatic rings. The lowest BCUT2D eigenvalue weighted by Crippen LogP contribution is -2.35. The molecule has 0 aromatic heterocycles. The smallest absolute Gasteiger partial charge is 0.312 e. The van der Waals surface area contributed by atoms with Crippen molar-refractivity contribution in [2.75, 3.05) is 26.2 Å². The van der Waals surface area contributed by atoms with Gasteiger partial charge in [-0.15, -0.1) is 0 Å². The van der Waals surface area contributed by atoms with Gasteiger partial charge in [-0.2, -0.15) is 0 Å². The molecule has 2 amide bonds. The van der Waals surface area contributed by atoms with Gasteiger partial charge in [-0.1, -0.05) is 0 Å². The van der Waals surface area contributed by atoms with Gasteiger partial charge in [0.05, 0.1) is 6.10 Å². The fraction of sp³-hybridized carbons (Fsp3) is 0.889. The average Bonchev–Trinajstić information content (AvgIpc) is 2.63. The third-order valence-electron chi connectivity index (χ3n) is 2.27. The average molecular weight is 201 g/mol. The van der Waals surface area contributed by atoms with Gasteiger partial charge in [-0.05, 0) is 25.8 Å². The molecular formula is C9H19N3O2. The van der Waals surface area contributed by atoms with E-state index in [1.165, 1.54) is 12.8 Å². The van der Waals surface area contributed by atoms with Crippen LogP contribution in [0, 0.1) is 0 Å². The predicted octanol–water partition coefficient (Wildman–Crippen LogP) is -0.187. The van der Waals surface area contributed by atoms with Gasteiger partial charge in [0.15, 0.2) is 0 Å². The number of rotatable bonds is 6. The first-order valence-electron chi connectivity index (χ1n) is 5.14. The highest BCUT2D eigenvalue weighted by Crippen LogP contribution is 2.14. The molecule has 0 aromatic carbocycles. The van der Waals surface area contributed by atoms with Gasteiger partial charge in [0.1, 0.15) is 0 Å². The largest absolute Gasteiger partial charge is 0.378 e. The van der Waals surface area contributed by atoms with Gasteiger partial charge in [0.25, 0.3) is 0 Å². The second kappa shape index (κ2) is 6.62. The summed E-state index contributed by atoms with van der Waals surface area (Å²) in [5.74, 6) is 0. The van der Waals surface area contributed by atoms with Crippen molar-refractivity contribution in [1.82, 2.24) is 10.6 Å². The Hall–Kier alpha value is -0.810. The van der Waals surface area contributed by atoms with Crippen molar-refractivity contribution in [3.63, 3.8) is 0 Å². The molecule has 1 fully saturated rings. The first kappa shape index (κ1) is 11.3. The second-order valence-corrected chi connectivity index (χ2v) is 3.46. The van der Waals surface area contributed by atoms with Crippen LogP contribution in [0.5, 0.6) is 0 Å². The maximum absolute atomic E-state index is 10.3. The van der Waals surface area contributed by atoms with Crippen LogP contribution >= 0.6 is 0 Å². The highest BCUT2D eigenvalue weighted by molar-refractivity contribution is 5.71. The molecular weight excluding hydrogens is 182 g/mol. The lowest BCUT2D eigenvalue weighted by molar-refractivity contribution is 0.104. The summed E-state index contributed by atoms with van der Waals surface area (Å²) in [6.07, 6.45) is 3.86. The zero-order valence-corrected chi connectivity index (χ0v) is 8.42. The van der Waals surface area contributed by atoms with Crippen LogP contribution < -0.4 is 16.4 Å². The number of urea groups is 1. The number of primary amides is 1. The minimum atomic E-state index is -0.467. The number of carbonyl (C=O) groups excluding carboxylic acids is 1. The lowest BCUT2D eigenvalue weighted by Gasteiger charge is -2.09. The van der Waals surface area contributed by atoms with E-state index in [4.69, 9.17) is 10.5 Å². The van der Waals surface area contributed by atoms with Crippen molar-refractivity contribution < 1.29 is 9.53 Å². The number of nitrogens with two attached hydrogens (primary N) is 1. The number of amides is 2. The highest BCUT2D eigenvalue weighted by Gasteiger charge is 2.13. The fourth-order valence-corrected chi connectivity index (χ4v) is 1.53. The molecule has 0 spiro atoms. The number of carbonyl (C=O) groups is 1. The Morgan fingerprint density at radius 1 is 1.43 bits per heavy atom. The Morgan fingerprint density at radius 2 is 2.29 bits per heavy atom. The molecule has 0 saturated carbocycles. The van der Waals surface area contributed by atoms with Crippen LogP contribution in [-0.2, 0) is 4.74 Å². The van der Waals surface area contributed by atoms with Crippen LogP contribution in [0.2, 0.25) is 0 Å². The van der Waals surface area contributed by atoms with Crippen molar-refractivity contribution in [1.29, 1.82) is 0 Å². The number of hydrogen-bond acceptors (Lipinski definition) is 3. The number of nitrogens with one attached hydrogen (secondary N) is 2. The number of ether oxygens (including phenoxy) is 1. The maximum atomic E-state index is 10.3. The molecule has 1 aliphatic heterocycles. The molecule has 1 heterocycles. The summed E-state index contributed by atoms with van der Waals surface area (Å²) in [6.45, 7) is 3.19. The Balaban J connectivity index is 1.82. The van der Waals surface area contributed by atoms with E-state index >= 15 is 0 Å². The first-order valence-corrected chi connectivity index (χ1v) is 5.14. The summed E-state index contributed by atoms with van der Waals surface area (Å²) in [6, 6.07) is -0.467. The Morgan fingerprint density at radius 3 is 2.93 bits per heavy atom. The molecule has 1 saturated heterocycles. The summed E-state index contributed by atoms with van der Waals surface area (Å²) in [7, 11) is 0. The highest BCUT2D eigenvalue weighted by atomic mass is 16.5. The summed E-state index contributed by atoms with van der Waals surface area (Å²) in [5.41, 5.74) is 4.91. The molecule has 4 N–H and O–H groups in total. The molecule has 0 radical (unpaired) electrons. The van der Waals surface area contributed by atoms with Crippen LogP contribution in [0.1, 0.15) is 19.3 Å². The van der Waals surface area contributed by atoms with Crippen molar-refractivity contribution in [3.8, 4) is 0 Å². The van der Waals surface area contributed by atoms with Crippen molar-refractivity contribution in [2.45, 2.75) is 25.4 Å². The number of hydrogen-bond donors (Lipinski definition) is 3. The molecule has 1 aliphatic rings. The fourth-order valence-electron chi connectivity index (χ4n) is 1.53. The molecule has 1 rings (SSSR count). The second-order valence-electron chi connectivity index (χ2n) is 3.46. The van der Waals surface area contributed by atoms with Crippen LogP contribution in [0.3, 0.4) is 0 Å². The molecule has 0 bridgehead atoms. The SMILES string of the molecule is NC(=O)NCCNCCC1CCCO1. The molecule has 1 atom stereocenters. The summed E-state index contributed by atoms with van der Waals surface area (Å²) < 4.78 is 5.47. The molecule has 5 nitrogen and oxygen atoms in total. The third kappa shape index (κ3) is 5.04. The predicted molar refractivity (Wildman–Crippen MR) is 54.0 cm³/mol. The van der Waals surface area contributed by atoms with E-state index in [9.17, 15) is 4.79 Å². The summed E-state index contributed by atoms with van der Waals surface area (Å²) >= 11 is 0. The Kier molecular flexibility index (Phi) is 5.32. The quantitative estimate of drug-likeness (QED) is 0.521. The zero-order valence-electron chi connectivity index (χ0n) is 8.42. The van der Waals surface area contributed by atoms with E-state index in [0.717, 1.165) is 26.1 Å². The third-order valence-corrected chi connectivity index (χ3v) is 2.27. The van der Waals surface area contributed by atoms with Gasteiger partial charge in [-0.25, -0.2) is 4.79 Å². The van der Waals surface area contributed by atoms with Gasteiger partial charge < -0.3 is 21.1 Å². The topological polar surface area (TPSA) is 76.4 Å². The summed E-state index contributed by atoms with van der Waals surface area (Å²) in [4.78, 5) is 10.3. The zero-order chi connectivity index (χ0) is 10.2. The van der Waals surface area contributed by atoms with Gasteiger partial charge in [0.2, 0.25) is 0 Å².